The lowest BCUT2D eigenvalue weighted by molar-refractivity contribution is 0.0944. The van der Waals surface area contributed by atoms with E-state index in [1.54, 1.807) is 30.5 Å². The lowest BCUT2D eigenvalue weighted by Gasteiger charge is -2.36. The summed E-state index contributed by atoms with van der Waals surface area (Å²) in [7, 11) is 1.92. The van der Waals surface area contributed by atoms with Gasteiger partial charge in [-0.2, -0.15) is 19.6 Å². The molecule has 5 rings (SSSR count). The Labute approximate surface area is 218 Å². The van der Waals surface area contributed by atoms with Crippen molar-refractivity contribution in [3.05, 3.63) is 54.0 Å². The van der Waals surface area contributed by atoms with Crippen molar-refractivity contribution in [2.24, 2.45) is 0 Å². The minimum absolute atomic E-state index is 0.129. The molecule has 1 aliphatic heterocycles. The molecule has 0 atom stereocenters. The number of furan rings is 1. The number of nitrogen functional groups attached to an aromatic ring is 1. The number of nitrogens with two attached hydrogens (primary N) is 1. The summed E-state index contributed by atoms with van der Waals surface area (Å²) >= 11 is 0. The molecule has 1 aliphatic rings. The number of benzene rings is 1. The minimum atomic E-state index is -0.435. The number of aromatic nitrogens is 4. The fraction of sp³-hybridized carbons (Fsp3) is 0.360. The Bertz CT molecular complexity index is 1400. The zero-order chi connectivity index (χ0) is 26.6. The number of piperazine rings is 1. The van der Waals surface area contributed by atoms with E-state index in [0.717, 1.165) is 19.6 Å². The maximum atomic E-state index is 14.8. The molecule has 4 heterocycles. The number of anilines is 3. The average molecular weight is 524 g/mol. The van der Waals surface area contributed by atoms with Crippen molar-refractivity contribution in [3.8, 4) is 11.5 Å². The van der Waals surface area contributed by atoms with Gasteiger partial charge in [0.25, 0.3) is 5.91 Å². The SMILES string of the molecule is CN(CCN1CCN(c2ccc(C(=O)NCCO)cc2F)CC1)c1nc(N)n2nc(-c3ccco3)cc2n1. The number of hydrogen-bond donors (Lipinski definition) is 3. The second kappa shape index (κ2) is 11.0. The van der Waals surface area contributed by atoms with Crippen LogP contribution in [0, 0.1) is 5.82 Å². The van der Waals surface area contributed by atoms with Crippen molar-refractivity contribution >= 4 is 29.1 Å². The summed E-state index contributed by atoms with van der Waals surface area (Å²) in [6, 6.07) is 9.90. The predicted octanol–water partition coefficient (Wildman–Crippen LogP) is 1.09. The molecule has 4 aromatic rings. The van der Waals surface area contributed by atoms with Gasteiger partial charge in [-0.25, -0.2) is 4.39 Å². The molecule has 1 amide bonds. The third-order valence-corrected chi connectivity index (χ3v) is 6.52. The van der Waals surface area contributed by atoms with Gasteiger partial charge in [0.1, 0.15) is 11.5 Å². The summed E-state index contributed by atoms with van der Waals surface area (Å²) in [5.74, 6) is 0.528. The van der Waals surface area contributed by atoms with Gasteiger partial charge in [-0.1, -0.05) is 0 Å². The van der Waals surface area contributed by atoms with Crippen LogP contribution >= 0.6 is 0 Å². The van der Waals surface area contributed by atoms with Crippen LogP contribution in [0.1, 0.15) is 10.4 Å². The number of carbonyl (C=O) groups is 1. The number of likely N-dealkylation sites (N-methyl/N-ethyl adjacent to an activating group) is 1. The zero-order valence-electron chi connectivity index (χ0n) is 21.0. The topological polar surface area (TPSA) is 141 Å². The Morgan fingerprint density at radius 3 is 2.74 bits per heavy atom. The molecular formula is C25H30FN9O3. The highest BCUT2D eigenvalue weighted by Gasteiger charge is 2.21. The van der Waals surface area contributed by atoms with E-state index in [4.69, 9.17) is 15.3 Å². The van der Waals surface area contributed by atoms with Crippen LogP contribution in [-0.2, 0) is 0 Å². The van der Waals surface area contributed by atoms with Gasteiger partial charge in [-0.05, 0) is 30.3 Å². The molecule has 3 aromatic heterocycles. The fourth-order valence-electron chi connectivity index (χ4n) is 4.39. The highest BCUT2D eigenvalue weighted by atomic mass is 19.1. The molecular weight excluding hydrogens is 493 g/mol. The average Bonchev–Trinajstić information content (AvgIpc) is 3.61. The summed E-state index contributed by atoms with van der Waals surface area (Å²) in [5, 5.41) is 15.8. The number of hydrogen-bond acceptors (Lipinski definition) is 10. The molecule has 0 saturated carbocycles. The number of nitrogens with zero attached hydrogens (tertiary/aromatic N) is 7. The summed E-state index contributed by atoms with van der Waals surface area (Å²) in [5.41, 5.74) is 8.07. The minimum Gasteiger partial charge on any atom is -0.463 e. The number of nitrogens with one attached hydrogen (secondary N) is 1. The Hall–Kier alpha value is -4.23. The highest BCUT2D eigenvalue weighted by Crippen LogP contribution is 2.23. The van der Waals surface area contributed by atoms with Crippen LogP contribution in [0.3, 0.4) is 0 Å². The summed E-state index contributed by atoms with van der Waals surface area (Å²) < 4.78 is 21.7. The standard InChI is InChI=1S/C25H30FN9O3/c1-32(25-29-22-16-19(21-3-2-14-38-21)31-35(22)24(27)30-25)7-8-33-9-11-34(12-10-33)20-5-4-17(15-18(20)26)23(37)28-6-13-36/h2-5,14-16,36H,6-13H2,1H3,(H,28,37)(H2,27,29,30). The van der Waals surface area contributed by atoms with Crippen LogP contribution < -0.4 is 20.9 Å². The molecule has 4 N–H and O–H groups in total. The third-order valence-electron chi connectivity index (χ3n) is 6.52. The van der Waals surface area contributed by atoms with Gasteiger partial charge < -0.3 is 30.4 Å². The van der Waals surface area contributed by atoms with Gasteiger partial charge >= 0.3 is 0 Å². The van der Waals surface area contributed by atoms with Crippen LogP contribution in [0.5, 0.6) is 0 Å². The van der Waals surface area contributed by atoms with Crippen molar-refractivity contribution in [1.82, 2.24) is 29.8 Å². The Morgan fingerprint density at radius 2 is 2.03 bits per heavy atom. The number of amides is 1. The van der Waals surface area contributed by atoms with Crippen LogP contribution in [0.25, 0.3) is 17.1 Å². The van der Waals surface area contributed by atoms with Crippen LogP contribution in [0.15, 0.2) is 47.1 Å². The lowest BCUT2D eigenvalue weighted by Crippen LogP contribution is -2.48. The van der Waals surface area contributed by atoms with Crippen molar-refractivity contribution in [2.45, 2.75) is 0 Å². The molecule has 0 bridgehead atoms. The summed E-state index contributed by atoms with van der Waals surface area (Å²) in [6.07, 6.45) is 1.59. The number of fused-ring (bicyclic) bond motifs is 1. The molecule has 13 heteroatoms. The zero-order valence-corrected chi connectivity index (χ0v) is 21.0. The van der Waals surface area contributed by atoms with Crippen molar-refractivity contribution in [1.29, 1.82) is 0 Å². The first-order valence-electron chi connectivity index (χ1n) is 12.4. The molecule has 0 radical (unpaired) electrons. The number of aliphatic hydroxyl groups excluding tert-OH is 1. The van der Waals surface area contributed by atoms with Gasteiger partial charge in [0, 0.05) is 64.5 Å². The van der Waals surface area contributed by atoms with Gasteiger partial charge in [-0.3, -0.25) is 9.69 Å². The second-order valence-corrected chi connectivity index (χ2v) is 9.05. The molecule has 1 aromatic carbocycles. The quantitative estimate of drug-likeness (QED) is 0.292. The molecule has 38 heavy (non-hydrogen) atoms. The smallest absolute Gasteiger partial charge is 0.251 e. The van der Waals surface area contributed by atoms with Gasteiger partial charge in [0.05, 0.1) is 18.6 Å². The van der Waals surface area contributed by atoms with Crippen molar-refractivity contribution < 1.29 is 18.7 Å². The van der Waals surface area contributed by atoms with Gasteiger partial charge in [-0.15, -0.1) is 0 Å². The van der Waals surface area contributed by atoms with E-state index in [-0.39, 0.29) is 24.7 Å². The van der Waals surface area contributed by atoms with Gasteiger partial charge in [0.2, 0.25) is 11.9 Å². The lowest BCUT2D eigenvalue weighted by atomic mass is 10.1. The normalized spacial score (nSPS) is 14.2. The molecule has 0 spiro atoms. The van der Waals surface area contributed by atoms with Crippen LogP contribution in [-0.4, -0.2) is 95.0 Å². The molecule has 1 fully saturated rings. The predicted molar refractivity (Wildman–Crippen MR) is 141 cm³/mol. The monoisotopic (exact) mass is 523 g/mol. The van der Waals surface area contributed by atoms with Crippen LogP contribution in [0.4, 0.5) is 22.0 Å². The van der Waals surface area contributed by atoms with E-state index in [0.29, 0.717) is 48.4 Å². The van der Waals surface area contributed by atoms with E-state index in [1.807, 2.05) is 22.9 Å². The number of halogens is 1. The summed E-state index contributed by atoms with van der Waals surface area (Å²) in [6.45, 7) is 4.29. The first kappa shape index (κ1) is 25.4. The van der Waals surface area contributed by atoms with Crippen molar-refractivity contribution in [3.63, 3.8) is 0 Å². The Balaban J connectivity index is 1.15. The first-order valence-corrected chi connectivity index (χ1v) is 12.4. The molecule has 12 nitrogen and oxygen atoms in total. The van der Waals surface area contributed by atoms with E-state index >= 15 is 0 Å². The number of rotatable bonds is 9. The second-order valence-electron chi connectivity index (χ2n) is 9.05. The van der Waals surface area contributed by atoms with E-state index in [2.05, 4.69) is 25.3 Å². The molecule has 0 aliphatic carbocycles. The van der Waals surface area contributed by atoms with Crippen LogP contribution in [0.2, 0.25) is 0 Å². The molecule has 0 unspecified atom stereocenters. The molecule has 200 valence electrons. The first-order chi connectivity index (χ1) is 18.4. The maximum absolute atomic E-state index is 14.8. The molecule has 1 saturated heterocycles. The van der Waals surface area contributed by atoms with E-state index in [9.17, 15) is 9.18 Å². The fourth-order valence-corrected chi connectivity index (χ4v) is 4.39. The number of aliphatic hydroxyl groups is 1. The summed E-state index contributed by atoms with van der Waals surface area (Å²) in [4.78, 5) is 27.3. The maximum Gasteiger partial charge on any atom is 0.251 e. The van der Waals surface area contributed by atoms with E-state index in [1.165, 1.54) is 10.6 Å². The Morgan fingerprint density at radius 1 is 1.21 bits per heavy atom. The highest BCUT2D eigenvalue weighted by molar-refractivity contribution is 5.94. The number of carbonyl (C=O) groups excluding carboxylic acids is 1. The Kier molecular flexibility index (Phi) is 7.38. The van der Waals surface area contributed by atoms with Crippen molar-refractivity contribution in [2.75, 3.05) is 75.0 Å². The third kappa shape index (κ3) is 5.38. The largest absolute Gasteiger partial charge is 0.463 e. The van der Waals surface area contributed by atoms with E-state index < -0.39 is 11.7 Å². The van der Waals surface area contributed by atoms with Gasteiger partial charge in [0.15, 0.2) is 11.4 Å².